The summed E-state index contributed by atoms with van der Waals surface area (Å²) in [5.41, 5.74) is 0.945. The summed E-state index contributed by atoms with van der Waals surface area (Å²) < 4.78 is 44.3. The molecule has 2 fully saturated rings. The molecule has 1 unspecified atom stereocenters. The highest BCUT2D eigenvalue weighted by atomic mass is 19.4. The molecular weight excluding hydrogens is 435 g/mol. The van der Waals surface area contributed by atoms with Gasteiger partial charge in [0.15, 0.2) is 0 Å². The molecule has 2 amide bonds. The molecule has 1 aliphatic carbocycles. The largest absolute Gasteiger partial charge is 0.416 e. The average Bonchev–Trinajstić information content (AvgIpc) is 3.65. The third kappa shape index (κ3) is 6.11. The van der Waals surface area contributed by atoms with E-state index < -0.39 is 11.7 Å². The number of alkyl halides is 3. The number of nitrogens with one attached hydrogen (secondary N) is 2. The maximum Gasteiger partial charge on any atom is 0.416 e. The van der Waals surface area contributed by atoms with Gasteiger partial charge in [0.05, 0.1) is 24.8 Å². The number of carbonyl (C=O) groups is 2. The van der Waals surface area contributed by atoms with Crippen LogP contribution in [-0.2, 0) is 15.7 Å². The molecule has 33 heavy (non-hydrogen) atoms. The van der Waals surface area contributed by atoms with E-state index in [0.29, 0.717) is 43.1 Å². The van der Waals surface area contributed by atoms with Crippen LogP contribution in [0.5, 0.6) is 0 Å². The summed E-state index contributed by atoms with van der Waals surface area (Å²) in [5, 5.41) is 5.73. The third-order valence-electron chi connectivity index (χ3n) is 5.91. The first-order valence-electron chi connectivity index (χ1n) is 11.0. The van der Waals surface area contributed by atoms with E-state index in [1.165, 1.54) is 12.1 Å². The van der Waals surface area contributed by atoms with Crippen molar-refractivity contribution in [3.05, 3.63) is 65.2 Å². The molecule has 4 rings (SSSR count). The summed E-state index contributed by atoms with van der Waals surface area (Å²) in [6.07, 6.45) is -2.63. The number of carbonyl (C=O) groups excluding carboxylic acids is 2. The molecule has 2 aromatic carbocycles. The number of hydrogen-bond donors (Lipinski definition) is 2. The van der Waals surface area contributed by atoms with Gasteiger partial charge in [-0.1, -0.05) is 18.2 Å². The highest BCUT2D eigenvalue weighted by Crippen LogP contribution is 2.31. The Morgan fingerprint density at radius 1 is 1.06 bits per heavy atom. The summed E-state index contributed by atoms with van der Waals surface area (Å²) in [6, 6.07) is 11.5. The van der Waals surface area contributed by atoms with Crippen molar-refractivity contribution in [2.45, 2.75) is 25.1 Å². The van der Waals surface area contributed by atoms with Crippen LogP contribution < -0.4 is 10.6 Å². The fourth-order valence-electron chi connectivity index (χ4n) is 3.86. The topological polar surface area (TPSA) is 70.7 Å². The maximum atomic E-state index is 13.0. The number of rotatable bonds is 7. The molecule has 2 aromatic rings. The Morgan fingerprint density at radius 2 is 1.76 bits per heavy atom. The molecule has 1 aliphatic heterocycles. The van der Waals surface area contributed by atoms with E-state index >= 15 is 0 Å². The van der Waals surface area contributed by atoms with Crippen molar-refractivity contribution in [3.63, 3.8) is 0 Å². The lowest BCUT2D eigenvalue weighted by atomic mass is 10.0. The molecule has 0 radical (unpaired) electrons. The van der Waals surface area contributed by atoms with Crippen molar-refractivity contribution in [2.75, 3.05) is 38.2 Å². The van der Waals surface area contributed by atoms with Crippen LogP contribution in [0.1, 0.15) is 40.4 Å². The van der Waals surface area contributed by atoms with Gasteiger partial charge in [0.1, 0.15) is 0 Å². The monoisotopic (exact) mass is 461 g/mol. The number of morpholine rings is 1. The van der Waals surface area contributed by atoms with E-state index in [0.717, 1.165) is 25.0 Å². The molecule has 9 heteroatoms. The highest BCUT2D eigenvalue weighted by molar-refractivity contribution is 5.98. The Bertz CT molecular complexity index is 984. The third-order valence-corrected chi connectivity index (χ3v) is 5.91. The van der Waals surface area contributed by atoms with Crippen LogP contribution >= 0.6 is 0 Å². The van der Waals surface area contributed by atoms with Gasteiger partial charge in [0.2, 0.25) is 5.91 Å². The van der Waals surface area contributed by atoms with Crippen LogP contribution in [0.4, 0.5) is 18.9 Å². The zero-order valence-corrected chi connectivity index (χ0v) is 18.0. The molecule has 2 N–H and O–H groups in total. The number of halogens is 3. The van der Waals surface area contributed by atoms with Gasteiger partial charge in [-0.25, -0.2) is 0 Å². The molecule has 1 saturated heterocycles. The van der Waals surface area contributed by atoms with Crippen LogP contribution in [0.15, 0.2) is 48.5 Å². The molecule has 1 atom stereocenters. The lowest BCUT2D eigenvalue weighted by molar-refractivity contribution is -0.137. The van der Waals surface area contributed by atoms with Gasteiger partial charge >= 0.3 is 6.18 Å². The SMILES string of the molecule is O=C(NCC(c1ccc(C(F)(F)F)cc1)N1CCOCC1)c1cccc(NC(=O)C2CC2)c1. The fraction of sp³-hybridized carbons (Fsp3) is 0.417. The predicted molar refractivity (Wildman–Crippen MR) is 117 cm³/mol. The second kappa shape index (κ2) is 9.93. The Labute approximate surface area is 190 Å². The Hall–Kier alpha value is -2.91. The molecule has 2 aliphatic rings. The molecular formula is C24H26F3N3O3. The van der Waals surface area contributed by atoms with E-state index in [1.54, 1.807) is 24.3 Å². The molecule has 0 spiro atoms. The lowest BCUT2D eigenvalue weighted by Gasteiger charge is -2.35. The summed E-state index contributed by atoms with van der Waals surface area (Å²) in [5.74, 6) is -0.301. The number of anilines is 1. The fourth-order valence-corrected chi connectivity index (χ4v) is 3.86. The average molecular weight is 461 g/mol. The highest BCUT2D eigenvalue weighted by Gasteiger charge is 2.31. The van der Waals surface area contributed by atoms with Crippen LogP contribution in [0, 0.1) is 5.92 Å². The van der Waals surface area contributed by atoms with Gasteiger partial charge in [-0.2, -0.15) is 13.2 Å². The van der Waals surface area contributed by atoms with Gasteiger partial charge in [0.25, 0.3) is 5.91 Å². The summed E-state index contributed by atoms with van der Waals surface area (Å²) in [6.45, 7) is 2.50. The van der Waals surface area contributed by atoms with Crippen molar-refractivity contribution in [2.24, 2.45) is 5.92 Å². The van der Waals surface area contributed by atoms with Gasteiger partial charge < -0.3 is 15.4 Å². The van der Waals surface area contributed by atoms with Crippen LogP contribution in [0.2, 0.25) is 0 Å². The second-order valence-corrected chi connectivity index (χ2v) is 8.34. The lowest BCUT2D eigenvalue weighted by Crippen LogP contribution is -2.43. The minimum atomic E-state index is -4.40. The minimum Gasteiger partial charge on any atom is -0.379 e. The van der Waals surface area contributed by atoms with E-state index in [9.17, 15) is 22.8 Å². The summed E-state index contributed by atoms with van der Waals surface area (Å²) in [4.78, 5) is 26.9. The number of benzene rings is 2. The van der Waals surface area contributed by atoms with Crippen molar-refractivity contribution in [1.29, 1.82) is 0 Å². The molecule has 0 aromatic heterocycles. The van der Waals surface area contributed by atoms with Crippen molar-refractivity contribution in [1.82, 2.24) is 10.2 Å². The smallest absolute Gasteiger partial charge is 0.379 e. The molecule has 0 bridgehead atoms. The van der Waals surface area contributed by atoms with Crippen LogP contribution in [0.25, 0.3) is 0 Å². The van der Waals surface area contributed by atoms with E-state index in [1.807, 2.05) is 0 Å². The van der Waals surface area contributed by atoms with Gasteiger partial charge in [0, 0.05) is 36.8 Å². The first kappa shape index (κ1) is 23.3. The number of nitrogens with zero attached hydrogens (tertiary/aromatic N) is 1. The number of ether oxygens (including phenoxy) is 1. The Morgan fingerprint density at radius 3 is 2.39 bits per heavy atom. The normalized spacial score (nSPS) is 17.9. The van der Waals surface area contributed by atoms with Gasteiger partial charge in [-0.3, -0.25) is 14.5 Å². The van der Waals surface area contributed by atoms with Crippen molar-refractivity contribution >= 4 is 17.5 Å². The molecule has 1 heterocycles. The van der Waals surface area contributed by atoms with Crippen LogP contribution in [0.3, 0.4) is 0 Å². The number of hydrogen-bond acceptors (Lipinski definition) is 4. The molecule has 6 nitrogen and oxygen atoms in total. The maximum absolute atomic E-state index is 13.0. The minimum absolute atomic E-state index is 0.0396. The Kier molecular flexibility index (Phi) is 6.99. The molecule has 1 saturated carbocycles. The first-order chi connectivity index (χ1) is 15.8. The second-order valence-electron chi connectivity index (χ2n) is 8.34. The molecule has 176 valence electrons. The first-order valence-corrected chi connectivity index (χ1v) is 11.0. The zero-order valence-electron chi connectivity index (χ0n) is 18.0. The van der Waals surface area contributed by atoms with Crippen molar-refractivity contribution in [3.8, 4) is 0 Å². The predicted octanol–water partition coefficient (Wildman–Crippen LogP) is 3.86. The van der Waals surface area contributed by atoms with E-state index in [2.05, 4.69) is 15.5 Å². The van der Waals surface area contributed by atoms with Gasteiger partial charge in [-0.15, -0.1) is 0 Å². The van der Waals surface area contributed by atoms with E-state index in [-0.39, 0.29) is 30.3 Å². The summed E-state index contributed by atoms with van der Waals surface area (Å²) in [7, 11) is 0. The zero-order chi connectivity index (χ0) is 23.4. The quantitative estimate of drug-likeness (QED) is 0.657. The van der Waals surface area contributed by atoms with E-state index in [4.69, 9.17) is 4.74 Å². The summed E-state index contributed by atoms with van der Waals surface area (Å²) >= 11 is 0. The van der Waals surface area contributed by atoms with Gasteiger partial charge in [-0.05, 0) is 48.7 Å². The Balaban J connectivity index is 1.45. The number of amides is 2. The standard InChI is InChI=1S/C24H26F3N3O3/c25-24(26,27)19-8-6-16(7-9-19)21(30-10-12-33-13-11-30)15-28-22(31)18-2-1-3-20(14-18)29-23(32)17-4-5-17/h1-3,6-9,14,17,21H,4-5,10-13,15H2,(H,28,31)(H,29,32). The van der Waals surface area contributed by atoms with Crippen molar-refractivity contribution < 1.29 is 27.5 Å². The van der Waals surface area contributed by atoms with Crippen LogP contribution in [-0.4, -0.2) is 49.6 Å².